The molecule has 0 radical (unpaired) electrons. The van der Waals surface area contributed by atoms with Crippen LogP contribution < -0.4 is 4.90 Å². The molecule has 11 heteroatoms. The predicted octanol–water partition coefficient (Wildman–Crippen LogP) is 4.01. The Morgan fingerprint density at radius 1 is 1.13 bits per heavy atom. The van der Waals surface area contributed by atoms with Gasteiger partial charge in [0.2, 0.25) is 0 Å². The molecule has 5 rings (SSSR count). The topological polar surface area (TPSA) is 90.6 Å². The van der Waals surface area contributed by atoms with Crippen LogP contribution in [0.25, 0.3) is 5.52 Å². The Bertz CT molecular complexity index is 1390. The zero-order chi connectivity index (χ0) is 27.9. The first-order valence-electron chi connectivity index (χ1n) is 13.1. The number of carbonyl (C=O) groups excluding carboxylic acids is 2. The molecule has 9 nitrogen and oxygen atoms in total. The molecule has 0 saturated carbocycles. The third kappa shape index (κ3) is 5.40. The zero-order valence-corrected chi connectivity index (χ0v) is 22.3. The fraction of sp³-hybridized carbons (Fsp3) is 0.464. The number of anilines is 1. The highest BCUT2D eigenvalue weighted by Gasteiger charge is 2.36. The number of carbonyl (C=O) groups is 2. The number of aromatic nitrogens is 2. The molecule has 2 unspecified atom stereocenters. The standard InChI is InChI=1S/C28H33F2N5O4/c1-28(2,3)39-27(38)34-12-11-32(16-20(34)17-36)26(37)22-15-31-35-10-8-19(14-25(22)35)33-9-4-5-24(33)21-13-18(29)6-7-23(21)30/h6-8,10,13-15,20,24,36H,4-5,9,11-12,16-17H2,1-3H3. The van der Waals surface area contributed by atoms with Crippen molar-refractivity contribution in [3.63, 3.8) is 0 Å². The van der Waals surface area contributed by atoms with E-state index < -0.39 is 29.4 Å². The van der Waals surface area contributed by atoms with E-state index in [1.807, 2.05) is 17.0 Å². The Balaban J connectivity index is 1.38. The highest BCUT2D eigenvalue weighted by molar-refractivity contribution is 6.01. The molecule has 39 heavy (non-hydrogen) atoms. The molecule has 3 aromatic rings. The summed E-state index contributed by atoms with van der Waals surface area (Å²) < 4.78 is 35.6. The van der Waals surface area contributed by atoms with Gasteiger partial charge in [-0.15, -0.1) is 0 Å². The van der Waals surface area contributed by atoms with Crippen LogP contribution in [0, 0.1) is 11.6 Å². The average molecular weight is 542 g/mol. The van der Waals surface area contributed by atoms with E-state index in [4.69, 9.17) is 4.74 Å². The quantitative estimate of drug-likeness (QED) is 0.537. The van der Waals surface area contributed by atoms with Crippen LogP contribution in [-0.2, 0) is 4.74 Å². The lowest BCUT2D eigenvalue weighted by molar-refractivity contribution is -0.00982. The van der Waals surface area contributed by atoms with Crippen LogP contribution in [0.4, 0.5) is 19.3 Å². The minimum atomic E-state index is -0.673. The summed E-state index contributed by atoms with van der Waals surface area (Å²) >= 11 is 0. The fourth-order valence-electron chi connectivity index (χ4n) is 5.41. The number of piperazine rings is 1. The second-order valence-electron chi connectivity index (χ2n) is 11.1. The molecule has 0 aliphatic carbocycles. The van der Waals surface area contributed by atoms with Crippen molar-refractivity contribution in [3.8, 4) is 0 Å². The lowest BCUT2D eigenvalue weighted by atomic mass is 10.0. The Morgan fingerprint density at radius 3 is 2.67 bits per heavy atom. The highest BCUT2D eigenvalue weighted by atomic mass is 19.1. The lowest BCUT2D eigenvalue weighted by Crippen LogP contribution is -2.58. The summed E-state index contributed by atoms with van der Waals surface area (Å²) in [6.07, 6.45) is 4.23. The van der Waals surface area contributed by atoms with Gasteiger partial charge in [0, 0.05) is 43.6 Å². The number of pyridine rings is 1. The van der Waals surface area contributed by atoms with Crippen LogP contribution in [0.2, 0.25) is 0 Å². The predicted molar refractivity (Wildman–Crippen MR) is 141 cm³/mol. The number of ether oxygens (including phenoxy) is 1. The normalized spacial score (nSPS) is 20.1. The highest BCUT2D eigenvalue weighted by Crippen LogP contribution is 2.38. The third-order valence-electron chi connectivity index (χ3n) is 7.25. The summed E-state index contributed by atoms with van der Waals surface area (Å²) in [4.78, 5) is 31.3. The van der Waals surface area contributed by atoms with Crippen molar-refractivity contribution in [2.24, 2.45) is 0 Å². The number of rotatable bonds is 4. The molecule has 0 bridgehead atoms. The largest absolute Gasteiger partial charge is 0.444 e. The van der Waals surface area contributed by atoms with Gasteiger partial charge in [0.15, 0.2) is 0 Å². The van der Waals surface area contributed by atoms with E-state index in [0.29, 0.717) is 29.6 Å². The van der Waals surface area contributed by atoms with Crippen LogP contribution in [0.15, 0.2) is 42.7 Å². The molecular formula is C28H33F2N5O4. The molecule has 1 aromatic carbocycles. The Hall–Kier alpha value is -3.73. The second kappa shape index (κ2) is 10.4. The minimum absolute atomic E-state index is 0.151. The van der Waals surface area contributed by atoms with Gasteiger partial charge in [0.25, 0.3) is 5.91 Å². The maximum atomic E-state index is 14.6. The minimum Gasteiger partial charge on any atom is -0.444 e. The third-order valence-corrected chi connectivity index (χ3v) is 7.25. The smallest absolute Gasteiger partial charge is 0.410 e. The van der Waals surface area contributed by atoms with Crippen LogP contribution in [0.3, 0.4) is 0 Å². The van der Waals surface area contributed by atoms with Crippen molar-refractivity contribution in [1.82, 2.24) is 19.4 Å². The van der Waals surface area contributed by atoms with E-state index in [9.17, 15) is 23.5 Å². The van der Waals surface area contributed by atoms with E-state index >= 15 is 0 Å². The van der Waals surface area contributed by atoms with Gasteiger partial charge in [-0.1, -0.05) is 0 Å². The molecule has 2 saturated heterocycles. The fourth-order valence-corrected chi connectivity index (χ4v) is 5.41. The number of hydrogen-bond acceptors (Lipinski definition) is 6. The summed E-state index contributed by atoms with van der Waals surface area (Å²) in [6, 6.07) is 6.29. The van der Waals surface area contributed by atoms with Crippen molar-refractivity contribution in [2.75, 3.05) is 37.7 Å². The molecule has 2 aromatic heterocycles. The molecule has 2 aliphatic heterocycles. The summed E-state index contributed by atoms with van der Waals surface area (Å²) in [6.45, 7) is 6.33. The number of fused-ring (bicyclic) bond motifs is 1. The number of amides is 2. The van der Waals surface area contributed by atoms with Gasteiger partial charge in [0.1, 0.15) is 17.2 Å². The first-order chi connectivity index (χ1) is 18.6. The van der Waals surface area contributed by atoms with E-state index in [2.05, 4.69) is 5.10 Å². The summed E-state index contributed by atoms with van der Waals surface area (Å²) in [5.74, 6) is -1.19. The average Bonchev–Trinajstić information content (AvgIpc) is 3.55. The Morgan fingerprint density at radius 2 is 1.92 bits per heavy atom. The zero-order valence-electron chi connectivity index (χ0n) is 22.3. The van der Waals surface area contributed by atoms with Crippen LogP contribution in [0.5, 0.6) is 0 Å². The SMILES string of the molecule is CC(C)(C)OC(=O)N1CCN(C(=O)c2cnn3ccc(N4CCCC4c4cc(F)ccc4F)cc23)CC1CO. The molecule has 2 fully saturated rings. The molecule has 0 spiro atoms. The molecule has 208 valence electrons. The number of nitrogens with zero attached hydrogens (tertiary/aromatic N) is 5. The first kappa shape index (κ1) is 26.9. The number of halogens is 2. The molecule has 2 amide bonds. The van der Waals surface area contributed by atoms with Crippen molar-refractivity contribution < 1.29 is 28.2 Å². The number of benzene rings is 1. The van der Waals surface area contributed by atoms with Crippen molar-refractivity contribution in [1.29, 1.82) is 0 Å². The maximum Gasteiger partial charge on any atom is 0.410 e. The van der Waals surface area contributed by atoms with Gasteiger partial charge in [-0.05, 0) is 63.9 Å². The summed E-state index contributed by atoms with van der Waals surface area (Å²) in [5.41, 5.74) is 1.39. The number of aliphatic hydroxyl groups is 1. The van der Waals surface area contributed by atoms with E-state index in [1.54, 1.807) is 36.4 Å². The van der Waals surface area contributed by atoms with Gasteiger partial charge >= 0.3 is 6.09 Å². The van der Waals surface area contributed by atoms with Gasteiger partial charge in [-0.25, -0.2) is 18.1 Å². The monoisotopic (exact) mass is 541 g/mol. The maximum absolute atomic E-state index is 14.6. The van der Waals surface area contributed by atoms with Crippen molar-refractivity contribution in [2.45, 2.75) is 51.3 Å². The van der Waals surface area contributed by atoms with Crippen LogP contribution in [-0.4, -0.2) is 80.9 Å². The second-order valence-corrected chi connectivity index (χ2v) is 11.1. The Labute approximate surface area is 225 Å². The van der Waals surface area contributed by atoms with Crippen LogP contribution in [0.1, 0.15) is 55.6 Å². The number of hydrogen-bond donors (Lipinski definition) is 1. The molecule has 2 aliphatic rings. The van der Waals surface area contributed by atoms with E-state index in [0.717, 1.165) is 24.2 Å². The van der Waals surface area contributed by atoms with Gasteiger partial charge < -0.3 is 19.6 Å². The summed E-state index contributed by atoms with van der Waals surface area (Å²) in [5, 5.41) is 14.3. The first-order valence-corrected chi connectivity index (χ1v) is 13.1. The molecule has 1 N–H and O–H groups in total. The Kier molecular flexibility index (Phi) is 7.19. The van der Waals surface area contributed by atoms with Gasteiger partial charge in [0.05, 0.1) is 36.0 Å². The van der Waals surface area contributed by atoms with Crippen molar-refractivity contribution in [3.05, 3.63) is 65.5 Å². The summed E-state index contributed by atoms with van der Waals surface area (Å²) in [7, 11) is 0. The van der Waals surface area contributed by atoms with Gasteiger partial charge in [-0.3, -0.25) is 9.69 Å². The van der Waals surface area contributed by atoms with Crippen LogP contribution >= 0.6 is 0 Å². The van der Waals surface area contributed by atoms with E-state index in [-0.39, 0.29) is 38.2 Å². The van der Waals surface area contributed by atoms with Gasteiger partial charge in [-0.2, -0.15) is 5.10 Å². The number of aliphatic hydroxyl groups excluding tert-OH is 1. The van der Waals surface area contributed by atoms with E-state index in [1.165, 1.54) is 17.2 Å². The van der Waals surface area contributed by atoms with Crippen molar-refractivity contribution >= 4 is 23.2 Å². The lowest BCUT2D eigenvalue weighted by Gasteiger charge is -2.40. The molecule has 4 heterocycles. The molecule has 2 atom stereocenters. The molecular weight excluding hydrogens is 508 g/mol.